The van der Waals surface area contributed by atoms with Crippen LogP contribution < -0.4 is 4.74 Å². The average Bonchev–Trinajstić information content (AvgIpc) is 3.13. The smallest absolute Gasteiger partial charge is 0.326 e. The lowest BCUT2D eigenvalue weighted by Crippen LogP contribution is -2.44. The molecule has 4 unspecified atom stereocenters. The first kappa shape index (κ1) is 15.8. The van der Waals surface area contributed by atoms with Crippen LogP contribution in [0, 0.1) is 11.8 Å². The normalized spacial score (nSPS) is 27.6. The molecule has 2 aliphatic rings. The molecule has 1 aromatic carbocycles. The summed E-state index contributed by atoms with van der Waals surface area (Å²) in [5.41, 5.74) is 0.857. The van der Waals surface area contributed by atoms with Gasteiger partial charge in [0.25, 0.3) is 0 Å². The van der Waals surface area contributed by atoms with Gasteiger partial charge in [0, 0.05) is 6.54 Å². The molecule has 4 atom stereocenters. The van der Waals surface area contributed by atoms with E-state index in [0.29, 0.717) is 18.2 Å². The number of hydrogen-bond acceptors (Lipinski definition) is 3. The highest BCUT2D eigenvalue weighted by Gasteiger charge is 2.50. The Bertz CT molecular complexity index is 615. The highest BCUT2D eigenvalue weighted by atomic mass is 16.5. The maximum absolute atomic E-state index is 12.9. The van der Waals surface area contributed by atoms with Crippen LogP contribution in [-0.2, 0) is 9.59 Å². The van der Waals surface area contributed by atoms with Gasteiger partial charge in [-0.15, -0.1) is 0 Å². The van der Waals surface area contributed by atoms with Gasteiger partial charge in [0.15, 0.2) is 0 Å². The van der Waals surface area contributed by atoms with E-state index in [-0.39, 0.29) is 17.7 Å². The molecule has 0 radical (unpaired) electrons. The summed E-state index contributed by atoms with van der Waals surface area (Å²) in [6, 6.07) is 6.75. The van der Waals surface area contributed by atoms with Crippen molar-refractivity contribution in [3.05, 3.63) is 29.8 Å². The Labute approximate surface area is 136 Å². The summed E-state index contributed by atoms with van der Waals surface area (Å²) < 4.78 is 5.21. The molecule has 1 aromatic rings. The number of ether oxygens (including phenoxy) is 1. The van der Waals surface area contributed by atoms with Gasteiger partial charge in [-0.3, -0.25) is 4.79 Å². The summed E-state index contributed by atoms with van der Waals surface area (Å²) in [5, 5.41) is 9.60. The maximum Gasteiger partial charge on any atom is 0.326 e. The minimum Gasteiger partial charge on any atom is -0.497 e. The van der Waals surface area contributed by atoms with Crippen LogP contribution in [0.2, 0.25) is 0 Å². The lowest BCUT2D eigenvalue weighted by molar-refractivity contribution is -0.150. The van der Waals surface area contributed by atoms with Crippen molar-refractivity contribution in [2.24, 2.45) is 11.8 Å². The van der Waals surface area contributed by atoms with Crippen LogP contribution in [0.15, 0.2) is 24.3 Å². The first-order valence-electron chi connectivity index (χ1n) is 8.20. The van der Waals surface area contributed by atoms with Gasteiger partial charge in [-0.1, -0.05) is 18.6 Å². The quantitative estimate of drug-likeness (QED) is 0.926. The van der Waals surface area contributed by atoms with E-state index in [0.717, 1.165) is 24.8 Å². The number of hydrogen-bond donors (Lipinski definition) is 1. The second kappa shape index (κ2) is 6.22. The fourth-order valence-electron chi connectivity index (χ4n) is 4.15. The van der Waals surface area contributed by atoms with Crippen LogP contribution in [0.4, 0.5) is 0 Å². The standard InChI is InChI=1S/C18H23NO4/c1-11(12-5-3-7-14(9-12)23-2)17(20)19-10-13-6-4-8-15(13)16(19)18(21)22/h3,5,7,9,11,13,15-16H,4,6,8,10H2,1-2H3,(H,21,22). The molecule has 5 nitrogen and oxygen atoms in total. The number of benzene rings is 1. The zero-order valence-corrected chi connectivity index (χ0v) is 13.6. The molecule has 3 rings (SSSR count). The van der Waals surface area contributed by atoms with Crippen molar-refractivity contribution < 1.29 is 19.4 Å². The van der Waals surface area contributed by atoms with Crippen LogP contribution >= 0.6 is 0 Å². The van der Waals surface area contributed by atoms with E-state index in [2.05, 4.69) is 0 Å². The number of carbonyl (C=O) groups excluding carboxylic acids is 1. The van der Waals surface area contributed by atoms with Crippen molar-refractivity contribution in [2.45, 2.75) is 38.1 Å². The SMILES string of the molecule is COc1cccc(C(C)C(=O)N2CC3CCCC3C2C(=O)O)c1. The molecule has 1 N–H and O–H groups in total. The number of carbonyl (C=O) groups is 2. The van der Waals surface area contributed by atoms with Crippen molar-refractivity contribution in [3.8, 4) is 5.75 Å². The Balaban J connectivity index is 1.82. The molecule has 0 spiro atoms. The summed E-state index contributed by atoms with van der Waals surface area (Å²) in [6.07, 6.45) is 3.03. The number of methoxy groups -OCH3 is 1. The van der Waals surface area contributed by atoms with Crippen LogP contribution in [0.5, 0.6) is 5.75 Å². The van der Waals surface area contributed by atoms with Crippen LogP contribution in [0.25, 0.3) is 0 Å². The van der Waals surface area contributed by atoms with Gasteiger partial charge in [0.2, 0.25) is 5.91 Å². The summed E-state index contributed by atoms with van der Waals surface area (Å²) >= 11 is 0. The number of amides is 1. The molecule has 1 amide bonds. The van der Waals surface area contributed by atoms with Gasteiger partial charge in [-0.25, -0.2) is 4.79 Å². The molecule has 2 fully saturated rings. The van der Waals surface area contributed by atoms with Crippen LogP contribution in [-0.4, -0.2) is 41.6 Å². The number of fused-ring (bicyclic) bond motifs is 1. The molecule has 124 valence electrons. The van der Waals surface area contributed by atoms with E-state index in [1.54, 1.807) is 12.0 Å². The molecule has 1 aliphatic heterocycles. The fourth-order valence-corrected chi connectivity index (χ4v) is 4.15. The van der Waals surface area contributed by atoms with Gasteiger partial charge in [-0.2, -0.15) is 0 Å². The van der Waals surface area contributed by atoms with E-state index in [1.165, 1.54) is 0 Å². The van der Waals surface area contributed by atoms with E-state index < -0.39 is 12.0 Å². The molecule has 1 heterocycles. The van der Waals surface area contributed by atoms with Gasteiger partial charge >= 0.3 is 5.97 Å². The summed E-state index contributed by atoms with van der Waals surface area (Å²) in [6.45, 7) is 2.42. The predicted molar refractivity (Wildman–Crippen MR) is 85.4 cm³/mol. The summed E-state index contributed by atoms with van der Waals surface area (Å²) in [4.78, 5) is 26.2. The number of likely N-dealkylation sites (tertiary alicyclic amines) is 1. The number of aliphatic carboxylic acids is 1. The Hall–Kier alpha value is -2.04. The van der Waals surface area contributed by atoms with E-state index in [1.807, 2.05) is 31.2 Å². The van der Waals surface area contributed by atoms with Gasteiger partial charge in [0.05, 0.1) is 13.0 Å². The van der Waals surface area contributed by atoms with E-state index >= 15 is 0 Å². The Kier molecular flexibility index (Phi) is 4.28. The zero-order chi connectivity index (χ0) is 16.6. The lowest BCUT2D eigenvalue weighted by atomic mass is 9.94. The van der Waals surface area contributed by atoms with Crippen molar-refractivity contribution >= 4 is 11.9 Å². The highest BCUT2D eigenvalue weighted by molar-refractivity contribution is 5.89. The molecule has 1 saturated heterocycles. The molecular weight excluding hydrogens is 294 g/mol. The molecule has 5 heteroatoms. The molecule has 0 bridgehead atoms. The first-order chi connectivity index (χ1) is 11.0. The minimum absolute atomic E-state index is 0.0972. The lowest BCUT2D eigenvalue weighted by Gasteiger charge is -2.27. The Morgan fingerprint density at radius 3 is 2.83 bits per heavy atom. The highest BCUT2D eigenvalue weighted by Crippen LogP contribution is 2.43. The first-order valence-corrected chi connectivity index (χ1v) is 8.20. The van der Waals surface area contributed by atoms with E-state index in [9.17, 15) is 14.7 Å². The summed E-state index contributed by atoms with van der Waals surface area (Å²) in [5.74, 6) is -0.168. The third-order valence-electron chi connectivity index (χ3n) is 5.39. The zero-order valence-electron chi connectivity index (χ0n) is 13.6. The maximum atomic E-state index is 12.9. The molecule has 23 heavy (non-hydrogen) atoms. The van der Waals surface area contributed by atoms with Crippen molar-refractivity contribution in [1.82, 2.24) is 4.90 Å². The Morgan fingerprint density at radius 2 is 2.13 bits per heavy atom. The van der Waals surface area contributed by atoms with E-state index in [4.69, 9.17) is 4.74 Å². The van der Waals surface area contributed by atoms with Crippen molar-refractivity contribution in [1.29, 1.82) is 0 Å². The van der Waals surface area contributed by atoms with Gasteiger partial charge < -0.3 is 14.7 Å². The molecular formula is C18H23NO4. The second-order valence-corrected chi connectivity index (χ2v) is 6.63. The third kappa shape index (κ3) is 2.80. The van der Waals surface area contributed by atoms with Crippen molar-refractivity contribution in [2.75, 3.05) is 13.7 Å². The number of carboxylic acid groups (broad SMARTS) is 1. The van der Waals surface area contributed by atoms with Crippen molar-refractivity contribution in [3.63, 3.8) is 0 Å². The molecule has 0 aromatic heterocycles. The topological polar surface area (TPSA) is 66.8 Å². The fraction of sp³-hybridized carbons (Fsp3) is 0.556. The monoisotopic (exact) mass is 317 g/mol. The van der Waals surface area contributed by atoms with Crippen LogP contribution in [0.1, 0.15) is 37.7 Å². The molecule has 1 saturated carbocycles. The number of rotatable bonds is 4. The van der Waals surface area contributed by atoms with Gasteiger partial charge in [-0.05, 0) is 49.3 Å². The van der Waals surface area contributed by atoms with Crippen LogP contribution in [0.3, 0.4) is 0 Å². The third-order valence-corrected chi connectivity index (χ3v) is 5.39. The average molecular weight is 317 g/mol. The number of nitrogens with zero attached hydrogens (tertiary/aromatic N) is 1. The predicted octanol–water partition coefficient (Wildman–Crippen LogP) is 2.51. The number of carboxylic acids is 1. The minimum atomic E-state index is -0.870. The summed E-state index contributed by atoms with van der Waals surface area (Å²) in [7, 11) is 1.59. The Morgan fingerprint density at radius 1 is 1.35 bits per heavy atom. The molecule has 1 aliphatic carbocycles. The largest absolute Gasteiger partial charge is 0.497 e. The second-order valence-electron chi connectivity index (χ2n) is 6.63. The van der Waals surface area contributed by atoms with Gasteiger partial charge in [0.1, 0.15) is 11.8 Å².